The summed E-state index contributed by atoms with van der Waals surface area (Å²) >= 11 is 0. The zero-order valence-electron chi connectivity index (χ0n) is 12.3. The molecule has 0 amide bonds. The van der Waals surface area contributed by atoms with E-state index in [-0.39, 0.29) is 6.04 Å². The lowest BCUT2D eigenvalue weighted by molar-refractivity contribution is 0.714. The zero-order chi connectivity index (χ0) is 14.7. The van der Waals surface area contributed by atoms with Crippen molar-refractivity contribution in [2.24, 2.45) is 7.05 Å². The van der Waals surface area contributed by atoms with Crippen LogP contribution in [0.2, 0.25) is 0 Å². The third-order valence-corrected chi connectivity index (χ3v) is 3.56. The van der Waals surface area contributed by atoms with Gasteiger partial charge >= 0.3 is 0 Å². The van der Waals surface area contributed by atoms with Gasteiger partial charge in [0.25, 0.3) is 0 Å². The van der Waals surface area contributed by atoms with Crippen LogP contribution in [0.4, 0.5) is 5.82 Å². The molecule has 0 fully saturated rings. The number of hydrogen-bond acceptors (Lipinski definition) is 4. The molecular weight excluding hydrogens is 250 g/mol. The molecule has 0 aliphatic rings. The maximum absolute atomic E-state index is 9.14. The van der Waals surface area contributed by atoms with E-state index in [4.69, 9.17) is 5.26 Å². The van der Waals surface area contributed by atoms with Crippen LogP contribution in [0.3, 0.4) is 0 Å². The van der Waals surface area contributed by atoms with E-state index < -0.39 is 0 Å². The fourth-order valence-electron chi connectivity index (χ4n) is 2.45. The minimum atomic E-state index is 0.102. The van der Waals surface area contributed by atoms with Crippen molar-refractivity contribution in [3.05, 3.63) is 40.8 Å². The first-order chi connectivity index (χ1) is 9.58. The van der Waals surface area contributed by atoms with Crippen LogP contribution in [0.15, 0.2) is 18.3 Å². The van der Waals surface area contributed by atoms with Crippen molar-refractivity contribution < 1.29 is 0 Å². The standard InChI is InChI=1S/C15H19N5/c1-5-13(14-10(2)19-20(4)11(14)3)18-15-12(9-16)7-6-8-17-15/h6-8,13H,5H2,1-4H3,(H,17,18). The predicted octanol–water partition coefficient (Wildman–Crippen LogP) is 2.87. The average molecular weight is 269 g/mol. The Morgan fingerprint density at radius 3 is 2.75 bits per heavy atom. The van der Waals surface area contributed by atoms with Crippen LogP contribution in [0, 0.1) is 25.2 Å². The molecule has 2 heterocycles. The molecule has 104 valence electrons. The van der Waals surface area contributed by atoms with E-state index in [2.05, 4.69) is 35.3 Å². The minimum absolute atomic E-state index is 0.102. The Morgan fingerprint density at radius 1 is 1.45 bits per heavy atom. The number of hydrogen-bond donors (Lipinski definition) is 1. The highest BCUT2D eigenvalue weighted by Crippen LogP contribution is 2.27. The van der Waals surface area contributed by atoms with Crippen LogP contribution < -0.4 is 5.32 Å². The van der Waals surface area contributed by atoms with Gasteiger partial charge in [-0.1, -0.05) is 6.92 Å². The fourth-order valence-corrected chi connectivity index (χ4v) is 2.45. The largest absolute Gasteiger partial charge is 0.362 e. The fraction of sp³-hybridized carbons (Fsp3) is 0.400. The summed E-state index contributed by atoms with van der Waals surface area (Å²) < 4.78 is 1.89. The molecule has 0 saturated carbocycles. The quantitative estimate of drug-likeness (QED) is 0.926. The molecule has 0 aromatic carbocycles. The van der Waals surface area contributed by atoms with Gasteiger partial charge in [-0.25, -0.2) is 4.98 Å². The molecule has 5 nitrogen and oxygen atoms in total. The summed E-state index contributed by atoms with van der Waals surface area (Å²) in [5.74, 6) is 0.629. The Balaban J connectivity index is 2.37. The maximum Gasteiger partial charge on any atom is 0.144 e. The SMILES string of the molecule is CCC(Nc1ncccc1C#N)c1c(C)nn(C)c1C. The molecule has 0 radical (unpaired) electrons. The normalized spacial score (nSPS) is 11.9. The van der Waals surface area contributed by atoms with E-state index in [1.54, 1.807) is 18.3 Å². The average Bonchev–Trinajstić information content (AvgIpc) is 2.70. The smallest absolute Gasteiger partial charge is 0.144 e. The summed E-state index contributed by atoms with van der Waals surface area (Å²) in [4.78, 5) is 4.27. The highest BCUT2D eigenvalue weighted by Gasteiger charge is 2.19. The van der Waals surface area contributed by atoms with Crippen molar-refractivity contribution in [3.8, 4) is 6.07 Å². The molecule has 1 unspecified atom stereocenters. The first kappa shape index (κ1) is 14.1. The summed E-state index contributed by atoms with van der Waals surface area (Å²) in [5.41, 5.74) is 3.89. The topological polar surface area (TPSA) is 66.5 Å². The minimum Gasteiger partial charge on any atom is -0.362 e. The number of pyridine rings is 1. The zero-order valence-corrected chi connectivity index (χ0v) is 12.3. The summed E-state index contributed by atoms with van der Waals surface area (Å²) in [6, 6.07) is 5.81. The van der Waals surface area contributed by atoms with Gasteiger partial charge in [0, 0.05) is 24.5 Å². The molecule has 0 aliphatic carbocycles. The Morgan fingerprint density at radius 2 is 2.20 bits per heavy atom. The number of anilines is 1. The molecule has 20 heavy (non-hydrogen) atoms. The number of nitrogens with one attached hydrogen (secondary N) is 1. The van der Waals surface area contributed by atoms with Crippen molar-refractivity contribution in [2.45, 2.75) is 33.2 Å². The molecule has 1 atom stereocenters. The molecule has 2 aromatic rings. The molecule has 2 aromatic heterocycles. The Kier molecular flexibility index (Phi) is 4.04. The van der Waals surface area contributed by atoms with Gasteiger partial charge in [-0.2, -0.15) is 10.4 Å². The molecule has 0 bridgehead atoms. The van der Waals surface area contributed by atoms with Gasteiger partial charge in [0.1, 0.15) is 11.9 Å². The van der Waals surface area contributed by atoms with Crippen LogP contribution in [0.5, 0.6) is 0 Å². The molecule has 2 rings (SSSR count). The predicted molar refractivity (Wildman–Crippen MR) is 78.3 cm³/mol. The van der Waals surface area contributed by atoms with Gasteiger partial charge in [-0.15, -0.1) is 0 Å². The Bertz CT molecular complexity index is 651. The number of nitrogens with zero attached hydrogens (tertiary/aromatic N) is 4. The third kappa shape index (κ3) is 2.50. The number of aryl methyl sites for hydroxylation is 2. The first-order valence-electron chi connectivity index (χ1n) is 6.70. The lowest BCUT2D eigenvalue weighted by Crippen LogP contribution is -2.13. The number of rotatable bonds is 4. The van der Waals surface area contributed by atoms with E-state index >= 15 is 0 Å². The van der Waals surface area contributed by atoms with E-state index in [1.807, 2.05) is 18.7 Å². The van der Waals surface area contributed by atoms with Crippen LogP contribution in [0.1, 0.15) is 41.9 Å². The Labute approximate surface area is 119 Å². The van der Waals surface area contributed by atoms with E-state index in [1.165, 1.54) is 5.56 Å². The molecule has 0 spiro atoms. The summed E-state index contributed by atoms with van der Waals surface area (Å²) in [6.07, 6.45) is 2.59. The summed E-state index contributed by atoms with van der Waals surface area (Å²) in [7, 11) is 1.94. The van der Waals surface area contributed by atoms with Gasteiger partial charge in [-0.3, -0.25) is 4.68 Å². The molecule has 1 N–H and O–H groups in total. The van der Waals surface area contributed by atoms with Crippen LogP contribution in [-0.2, 0) is 7.05 Å². The van der Waals surface area contributed by atoms with Crippen molar-refractivity contribution >= 4 is 5.82 Å². The molecular formula is C15H19N5. The van der Waals surface area contributed by atoms with Crippen molar-refractivity contribution in [2.75, 3.05) is 5.32 Å². The lowest BCUT2D eigenvalue weighted by Gasteiger charge is -2.19. The van der Waals surface area contributed by atoms with Crippen LogP contribution in [-0.4, -0.2) is 14.8 Å². The highest BCUT2D eigenvalue weighted by atomic mass is 15.3. The van der Waals surface area contributed by atoms with Crippen molar-refractivity contribution in [1.82, 2.24) is 14.8 Å². The van der Waals surface area contributed by atoms with E-state index in [0.29, 0.717) is 11.4 Å². The lowest BCUT2D eigenvalue weighted by atomic mass is 10.0. The van der Waals surface area contributed by atoms with Gasteiger partial charge in [-0.05, 0) is 32.4 Å². The van der Waals surface area contributed by atoms with Gasteiger partial charge in [0.05, 0.1) is 17.3 Å². The van der Waals surface area contributed by atoms with Crippen molar-refractivity contribution in [3.63, 3.8) is 0 Å². The third-order valence-electron chi connectivity index (χ3n) is 3.56. The van der Waals surface area contributed by atoms with Gasteiger partial charge in [0.2, 0.25) is 0 Å². The van der Waals surface area contributed by atoms with Crippen LogP contribution in [0.25, 0.3) is 0 Å². The van der Waals surface area contributed by atoms with Crippen LogP contribution >= 0.6 is 0 Å². The monoisotopic (exact) mass is 269 g/mol. The highest BCUT2D eigenvalue weighted by molar-refractivity contribution is 5.53. The maximum atomic E-state index is 9.14. The number of aromatic nitrogens is 3. The van der Waals surface area contributed by atoms with E-state index in [0.717, 1.165) is 17.8 Å². The molecule has 5 heteroatoms. The van der Waals surface area contributed by atoms with Gasteiger partial charge in [0.15, 0.2) is 0 Å². The first-order valence-corrected chi connectivity index (χ1v) is 6.70. The second-order valence-electron chi connectivity index (χ2n) is 4.82. The second kappa shape index (κ2) is 5.74. The molecule has 0 saturated heterocycles. The van der Waals surface area contributed by atoms with Crippen molar-refractivity contribution in [1.29, 1.82) is 5.26 Å². The number of nitriles is 1. The second-order valence-corrected chi connectivity index (χ2v) is 4.82. The molecule has 0 aliphatic heterocycles. The Hall–Kier alpha value is -2.35. The van der Waals surface area contributed by atoms with Gasteiger partial charge < -0.3 is 5.32 Å². The van der Waals surface area contributed by atoms with E-state index in [9.17, 15) is 0 Å². The summed E-state index contributed by atoms with van der Waals surface area (Å²) in [5, 5.41) is 17.0. The summed E-state index contributed by atoms with van der Waals surface area (Å²) in [6.45, 7) is 6.18.